The fourth-order valence-electron chi connectivity index (χ4n) is 1.93. The van der Waals surface area contributed by atoms with Crippen LogP contribution in [0.2, 0.25) is 0 Å². The van der Waals surface area contributed by atoms with Gasteiger partial charge in [-0.05, 0) is 18.9 Å². The minimum absolute atomic E-state index is 0.114. The van der Waals surface area contributed by atoms with E-state index in [-0.39, 0.29) is 17.4 Å². The number of benzene rings is 1. The average Bonchev–Trinajstić information content (AvgIpc) is 3.09. The summed E-state index contributed by atoms with van der Waals surface area (Å²) in [5.74, 6) is -1.86. The summed E-state index contributed by atoms with van der Waals surface area (Å²) in [5.41, 5.74) is -1.14. The molecule has 8 heteroatoms. The van der Waals surface area contributed by atoms with Crippen LogP contribution >= 0.6 is 0 Å². The van der Waals surface area contributed by atoms with Crippen molar-refractivity contribution in [2.75, 3.05) is 0 Å². The molecular formula is C11H8F2N4O2. The highest BCUT2D eigenvalue weighted by molar-refractivity contribution is 5.61. The lowest BCUT2D eigenvalue weighted by molar-refractivity contribution is -0.387. The molecule has 0 atom stereocenters. The highest BCUT2D eigenvalue weighted by Crippen LogP contribution is 2.38. The van der Waals surface area contributed by atoms with E-state index in [0.717, 1.165) is 18.9 Å². The topological polar surface area (TPSA) is 73.8 Å². The molecular weight excluding hydrogens is 258 g/mol. The van der Waals surface area contributed by atoms with Crippen LogP contribution in [0.4, 0.5) is 14.5 Å². The Morgan fingerprint density at radius 1 is 1.37 bits per heavy atom. The van der Waals surface area contributed by atoms with Gasteiger partial charge in [-0.25, -0.2) is 4.39 Å². The summed E-state index contributed by atoms with van der Waals surface area (Å²) in [7, 11) is 0. The predicted octanol–water partition coefficient (Wildman–Crippen LogP) is 2.47. The first-order chi connectivity index (χ1) is 9.08. The molecule has 6 nitrogen and oxygen atoms in total. The molecule has 0 spiro atoms. The number of nitro benzene ring substituents is 1. The number of aromatic nitrogens is 3. The molecule has 1 aliphatic carbocycles. The molecule has 0 amide bonds. The molecule has 1 aromatic carbocycles. The SMILES string of the molecule is O=[N+]([O-])c1cc(F)cc(-c2nncn2C2CC2)c1F. The molecule has 0 saturated heterocycles. The maximum absolute atomic E-state index is 14.0. The summed E-state index contributed by atoms with van der Waals surface area (Å²) in [6.07, 6.45) is 3.23. The van der Waals surface area contributed by atoms with E-state index >= 15 is 0 Å². The normalized spacial score (nSPS) is 14.6. The quantitative estimate of drug-likeness (QED) is 0.631. The van der Waals surface area contributed by atoms with Crippen molar-refractivity contribution in [3.63, 3.8) is 0 Å². The van der Waals surface area contributed by atoms with Crippen LogP contribution in [0.15, 0.2) is 18.5 Å². The smallest absolute Gasteiger partial charge is 0.308 e. The molecule has 0 unspecified atom stereocenters. The van der Waals surface area contributed by atoms with Crippen molar-refractivity contribution in [1.82, 2.24) is 14.8 Å². The molecule has 1 aromatic heterocycles. The molecule has 1 saturated carbocycles. The Morgan fingerprint density at radius 3 is 2.74 bits per heavy atom. The third-order valence-electron chi connectivity index (χ3n) is 2.97. The van der Waals surface area contributed by atoms with Crippen LogP contribution in [0.25, 0.3) is 11.4 Å². The molecule has 19 heavy (non-hydrogen) atoms. The van der Waals surface area contributed by atoms with Gasteiger partial charge < -0.3 is 4.57 Å². The minimum atomic E-state index is -1.10. The van der Waals surface area contributed by atoms with Crippen LogP contribution < -0.4 is 0 Å². The lowest BCUT2D eigenvalue weighted by Gasteiger charge is -2.06. The van der Waals surface area contributed by atoms with Gasteiger partial charge in [-0.3, -0.25) is 10.1 Å². The first kappa shape index (κ1) is 11.7. The monoisotopic (exact) mass is 266 g/mol. The van der Waals surface area contributed by atoms with E-state index in [1.807, 2.05) is 0 Å². The molecule has 1 heterocycles. The maximum Gasteiger partial charge on any atom is 0.308 e. The summed E-state index contributed by atoms with van der Waals surface area (Å²) in [6, 6.07) is 1.61. The largest absolute Gasteiger partial charge is 0.310 e. The first-order valence-corrected chi connectivity index (χ1v) is 5.61. The molecule has 2 aromatic rings. The fourth-order valence-corrected chi connectivity index (χ4v) is 1.93. The zero-order chi connectivity index (χ0) is 13.6. The van der Waals surface area contributed by atoms with Crippen LogP contribution in [0.5, 0.6) is 0 Å². The minimum Gasteiger partial charge on any atom is -0.310 e. The second-order valence-corrected chi connectivity index (χ2v) is 4.34. The van der Waals surface area contributed by atoms with Crippen LogP contribution in [0, 0.1) is 21.7 Å². The molecule has 0 radical (unpaired) electrons. The highest BCUT2D eigenvalue weighted by Gasteiger charge is 2.30. The van der Waals surface area contributed by atoms with Crippen molar-refractivity contribution in [2.24, 2.45) is 0 Å². The Balaban J connectivity index is 2.19. The summed E-state index contributed by atoms with van der Waals surface area (Å²) >= 11 is 0. The molecule has 1 aliphatic rings. The molecule has 98 valence electrons. The zero-order valence-electron chi connectivity index (χ0n) is 9.58. The van der Waals surface area contributed by atoms with Gasteiger partial charge >= 0.3 is 5.69 Å². The van der Waals surface area contributed by atoms with Gasteiger partial charge in [-0.15, -0.1) is 10.2 Å². The van der Waals surface area contributed by atoms with Gasteiger partial charge in [0.15, 0.2) is 5.82 Å². The number of rotatable bonds is 3. The van der Waals surface area contributed by atoms with Gasteiger partial charge in [0.2, 0.25) is 5.82 Å². The van der Waals surface area contributed by atoms with Crippen molar-refractivity contribution in [1.29, 1.82) is 0 Å². The summed E-state index contributed by atoms with van der Waals surface area (Å²) in [5, 5.41) is 18.1. The Morgan fingerprint density at radius 2 is 2.11 bits per heavy atom. The predicted molar refractivity (Wildman–Crippen MR) is 60.3 cm³/mol. The molecule has 3 rings (SSSR count). The zero-order valence-corrected chi connectivity index (χ0v) is 9.58. The van der Waals surface area contributed by atoms with Gasteiger partial charge in [0.1, 0.15) is 12.1 Å². The van der Waals surface area contributed by atoms with Gasteiger partial charge in [0.25, 0.3) is 0 Å². The van der Waals surface area contributed by atoms with Gasteiger partial charge in [0.05, 0.1) is 16.6 Å². The first-order valence-electron chi connectivity index (χ1n) is 5.61. The number of nitro groups is 1. The lowest BCUT2D eigenvalue weighted by Crippen LogP contribution is -2.01. The van der Waals surface area contributed by atoms with Crippen LogP contribution in [0.3, 0.4) is 0 Å². The van der Waals surface area contributed by atoms with Gasteiger partial charge in [-0.1, -0.05) is 0 Å². The van der Waals surface area contributed by atoms with Crippen molar-refractivity contribution in [2.45, 2.75) is 18.9 Å². The van der Waals surface area contributed by atoms with Gasteiger partial charge in [0, 0.05) is 6.04 Å². The van der Waals surface area contributed by atoms with Crippen LogP contribution in [0.1, 0.15) is 18.9 Å². The van der Waals surface area contributed by atoms with Crippen molar-refractivity contribution < 1.29 is 13.7 Å². The van der Waals surface area contributed by atoms with E-state index in [1.165, 1.54) is 6.33 Å². The average molecular weight is 266 g/mol. The maximum atomic E-state index is 14.0. The highest BCUT2D eigenvalue weighted by atomic mass is 19.1. The van der Waals surface area contributed by atoms with E-state index < -0.39 is 22.2 Å². The summed E-state index contributed by atoms with van der Waals surface area (Å²) in [4.78, 5) is 9.72. The molecule has 0 N–H and O–H groups in total. The van der Waals surface area contributed by atoms with E-state index in [4.69, 9.17) is 0 Å². The van der Waals surface area contributed by atoms with E-state index in [1.54, 1.807) is 4.57 Å². The van der Waals surface area contributed by atoms with Crippen molar-refractivity contribution in [3.05, 3.63) is 40.2 Å². The summed E-state index contributed by atoms with van der Waals surface area (Å²) in [6.45, 7) is 0. The van der Waals surface area contributed by atoms with E-state index in [9.17, 15) is 18.9 Å². The molecule has 0 bridgehead atoms. The molecule has 1 fully saturated rings. The van der Waals surface area contributed by atoms with Crippen LogP contribution in [-0.2, 0) is 0 Å². The number of hydrogen-bond donors (Lipinski definition) is 0. The van der Waals surface area contributed by atoms with Crippen LogP contribution in [-0.4, -0.2) is 19.7 Å². The Kier molecular flexibility index (Phi) is 2.51. The second kappa shape index (κ2) is 4.08. The third kappa shape index (κ3) is 1.94. The lowest BCUT2D eigenvalue weighted by atomic mass is 10.1. The third-order valence-corrected chi connectivity index (χ3v) is 2.97. The fraction of sp³-hybridized carbons (Fsp3) is 0.273. The standard InChI is InChI=1S/C11H8F2N4O2/c12-6-3-8(10(13)9(4-6)17(18)19)11-15-14-5-16(11)7-1-2-7/h3-5,7H,1-2H2. The summed E-state index contributed by atoms with van der Waals surface area (Å²) < 4.78 is 29.0. The number of halogens is 2. The Bertz CT molecular complexity index is 667. The second-order valence-electron chi connectivity index (χ2n) is 4.34. The van der Waals surface area contributed by atoms with E-state index in [2.05, 4.69) is 10.2 Å². The number of hydrogen-bond acceptors (Lipinski definition) is 4. The van der Waals surface area contributed by atoms with Gasteiger partial charge in [-0.2, -0.15) is 4.39 Å². The Labute approximate surface area is 105 Å². The van der Waals surface area contributed by atoms with Crippen molar-refractivity contribution >= 4 is 5.69 Å². The van der Waals surface area contributed by atoms with Crippen molar-refractivity contribution in [3.8, 4) is 11.4 Å². The van der Waals surface area contributed by atoms with E-state index in [0.29, 0.717) is 6.07 Å². The molecule has 0 aliphatic heterocycles. The number of nitrogens with zero attached hydrogens (tertiary/aromatic N) is 4. The Hall–Kier alpha value is -2.38.